The Kier molecular flexibility index (Phi) is 11.0. The van der Waals surface area contributed by atoms with Crippen LogP contribution in [0.2, 0.25) is 0 Å². The van der Waals surface area contributed by atoms with Crippen LogP contribution in [0.3, 0.4) is 0 Å². The molecular formula is C33H46N2O4. The molecule has 1 aliphatic carbocycles. The summed E-state index contributed by atoms with van der Waals surface area (Å²) in [6.07, 6.45) is 7.75. The lowest BCUT2D eigenvalue weighted by molar-refractivity contribution is -0.127. The predicted octanol–water partition coefficient (Wildman–Crippen LogP) is 7.44. The van der Waals surface area contributed by atoms with Crippen molar-refractivity contribution in [2.75, 3.05) is 19.1 Å². The molecule has 1 N–H and O–H groups in total. The number of anilines is 1. The van der Waals surface area contributed by atoms with E-state index in [1.807, 2.05) is 36.4 Å². The number of ether oxygens (including phenoxy) is 2. The van der Waals surface area contributed by atoms with Gasteiger partial charge in [0.05, 0.1) is 14.2 Å². The molecular weight excluding hydrogens is 488 g/mol. The van der Waals surface area contributed by atoms with Gasteiger partial charge in [0.25, 0.3) is 0 Å². The van der Waals surface area contributed by atoms with E-state index in [9.17, 15) is 9.59 Å². The normalized spacial score (nSPS) is 14.7. The van der Waals surface area contributed by atoms with E-state index in [1.165, 1.54) is 12.0 Å². The van der Waals surface area contributed by atoms with Gasteiger partial charge in [-0.2, -0.15) is 0 Å². The molecule has 1 aliphatic rings. The molecule has 2 aromatic rings. The number of carbonyl (C=O) groups excluding carboxylic acids is 2. The highest BCUT2D eigenvalue weighted by molar-refractivity contribution is 6.01. The minimum Gasteiger partial charge on any atom is -0.496 e. The quantitative estimate of drug-likeness (QED) is 0.287. The number of hydrogen-bond acceptors (Lipinski definition) is 4. The Labute approximate surface area is 234 Å². The second kappa shape index (κ2) is 14.2. The number of allylic oxidation sites excluding steroid dienone is 1. The van der Waals surface area contributed by atoms with E-state index in [0.29, 0.717) is 35.1 Å². The Bertz CT molecular complexity index is 1120. The fourth-order valence-corrected chi connectivity index (χ4v) is 5.34. The fourth-order valence-electron chi connectivity index (χ4n) is 5.34. The minimum absolute atomic E-state index is 0.0880. The van der Waals surface area contributed by atoms with Crippen LogP contribution >= 0.6 is 0 Å². The molecule has 2 amide bonds. The topological polar surface area (TPSA) is 67.9 Å². The number of hydrogen-bond donors (Lipinski definition) is 1. The number of carbonyl (C=O) groups is 2. The molecule has 0 heterocycles. The van der Waals surface area contributed by atoms with E-state index in [4.69, 9.17) is 9.47 Å². The van der Waals surface area contributed by atoms with Gasteiger partial charge in [-0.3, -0.25) is 14.5 Å². The third-order valence-electron chi connectivity index (χ3n) is 7.63. The fraction of sp³-hybridized carbons (Fsp3) is 0.515. The molecule has 1 fully saturated rings. The SMILES string of the molecule is C=CCCC(=O)N(c1ccc(C(C)C)cc1)C(C(=O)NC1CCCCC1)c1cc(OC)c(C(C)C)cc1OC. The van der Waals surface area contributed by atoms with Gasteiger partial charge in [-0.25, -0.2) is 0 Å². The molecule has 39 heavy (non-hydrogen) atoms. The van der Waals surface area contributed by atoms with Gasteiger partial charge >= 0.3 is 0 Å². The number of amides is 2. The first kappa shape index (κ1) is 30.3. The monoisotopic (exact) mass is 534 g/mol. The van der Waals surface area contributed by atoms with Gasteiger partial charge in [0.1, 0.15) is 17.5 Å². The van der Waals surface area contributed by atoms with E-state index >= 15 is 0 Å². The van der Waals surface area contributed by atoms with Crippen LogP contribution in [0.4, 0.5) is 5.69 Å². The van der Waals surface area contributed by atoms with Gasteiger partial charge < -0.3 is 14.8 Å². The average molecular weight is 535 g/mol. The van der Waals surface area contributed by atoms with Crippen molar-refractivity contribution in [1.29, 1.82) is 0 Å². The summed E-state index contributed by atoms with van der Waals surface area (Å²) in [5.41, 5.74) is 3.43. The summed E-state index contributed by atoms with van der Waals surface area (Å²) in [6.45, 7) is 12.2. The molecule has 1 unspecified atom stereocenters. The molecule has 1 saturated carbocycles. The first-order valence-corrected chi connectivity index (χ1v) is 14.3. The van der Waals surface area contributed by atoms with Crippen LogP contribution in [0.15, 0.2) is 49.1 Å². The van der Waals surface area contributed by atoms with Crippen LogP contribution < -0.4 is 19.7 Å². The highest BCUT2D eigenvalue weighted by Crippen LogP contribution is 2.40. The lowest BCUT2D eigenvalue weighted by Crippen LogP contribution is -2.47. The number of rotatable bonds is 12. The smallest absolute Gasteiger partial charge is 0.248 e. The Balaban J connectivity index is 2.21. The Morgan fingerprint density at radius 1 is 0.949 bits per heavy atom. The lowest BCUT2D eigenvalue weighted by Gasteiger charge is -2.34. The van der Waals surface area contributed by atoms with Crippen molar-refractivity contribution in [2.24, 2.45) is 0 Å². The molecule has 0 aliphatic heterocycles. The average Bonchev–Trinajstić information content (AvgIpc) is 2.94. The molecule has 212 valence electrons. The van der Waals surface area contributed by atoms with E-state index < -0.39 is 6.04 Å². The maximum atomic E-state index is 14.2. The molecule has 6 heteroatoms. The number of nitrogens with zero attached hydrogens (tertiary/aromatic N) is 1. The maximum absolute atomic E-state index is 14.2. The Morgan fingerprint density at radius 2 is 1.54 bits per heavy atom. The molecule has 0 saturated heterocycles. The molecule has 1 atom stereocenters. The maximum Gasteiger partial charge on any atom is 0.248 e. The number of nitrogens with one attached hydrogen (secondary N) is 1. The van der Waals surface area contributed by atoms with Crippen molar-refractivity contribution in [1.82, 2.24) is 5.32 Å². The van der Waals surface area contributed by atoms with Gasteiger partial charge in [-0.15, -0.1) is 6.58 Å². The standard InChI is InChI=1S/C33H46N2O4/c1-8-9-15-31(36)35(26-18-16-24(17-19-26)22(2)3)32(33(37)34-25-13-11-10-12-14-25)28-21-29(38-6)27(23(4)5)20-30(28)39-7/h8,16-23,25,32H,1,9-15H2,2-7H3,(H,34,37). The van der Waals surface area contributed by atoms with Crippen molar-refractivity contribution in [3.05, 3.63) is 65.7 Å². The second-order valence-corrected chi connectivity index (χ2v) is 11.1. The van der Waals surface area contributed by atoms with E-state index in [0.717, 1.165) is 31.2 Å². The summed E-state index contributed by atoms with van der Waals surface area (Å²) >= 11 is 0. The second-order valence-electron chi connectivity index (χ2n) is 11.1. The summed E-state index contributed by atoms with van der Waals surface area (Å²) in [5, 5.41) is 3.29. The zero-order valence-electron chi connectivity index (χ0n) is 24.6. The van der Waals surface area contributed by atoms with Crippen LogP contribution in [-0.4, -0.2) is 32.1 Å². The van der Waals surface area contributed by atoms with Crippen LogP contribution in [0.25, 0.3) is 0 Å². The minimum atomic E-state index is -0.931. The van der Waals surface area contributed by atoms with Crippen molar-refractivity contribution in [2.45, 2.75) is 96.6 Å². The van der Waals surface area contributed by atoms with Gasteiger partial charge in [-0.1, -0.05) is 65.2 Å². The van der Waals surface area contributed by atoms with Gasteiger partial charge in [0.15, 0.2) is 0 Å². The van der Waals surface area contributed by atoms with Crippen molar-refractivity contribution >= 4 is 17.5 Å². The first-order chi connectivity index (χ1) is 18.7. The van der Waals surface area contributed by atoms with Crippen molar-refractivity contribution in [3.63, 3.8) is 0 Å². The summed E-state index contributed by atoms with van der Waals surface area (Å²) in [5.74, 6) is 1.41. The summed E-state index contributed by atoms with van der Waals surface area (Å²) in [4.78, 5) is 29.8. The molecule has 0 aromatic heterocycles. The lowest BCUT2D eigenvalue weighted by atomic mass is 9.92. The zero-order chi connectivity index (χ0) is 28.5. The summed E-state index contributed by atoms with van der Waals surface area (Å²) < 4.78 is 11.6. The largest absolute Gasteiger partial charge is 0.496 e. The third kappa shape index (κ3) is 7.43. The first-order valence-electron chi connectivity index (χ1n) is 14.3. The van der Waals surface area contributed by atoms with Crippen molar-refractivity contribution in [3.8, 4) is 11.5 Å². The van der Waals surface area contributed by atoms with Crippen molar-refractivity contribution < 1.29 is 19.1 Å². The van der Waals surface area contributed by atoms with E-state index in [-0.39, 0.29) is 30.2 Å². The molecule has 0 radical (unpaired) electrons. The highest BCUT2D eigenvalue weighted by atomic mass is 16.5. The molecule has 2 aromatic carbocycles. The van der Waals surface area contributed by atoms with Gasteiger partial charge in [0.2, 0.25) is 11.8 Å². The molecule has 6 nitrogen and oxygen atoms in total. The predicted molar refractivity (Wildman–Crippen MR) is 159 cm³/mol. The van der Waals surface area contributed by atoms with Gasteiger partial charge in [-0.05, 0) is 60.9 Å². The Morgan fingerprint density at radius 3 is 2.08 bits per heavy atom. The van der Waals surface area contributed by atoms with E-state index in [2.05, 4.69) is 39.6 Å². The number of benzene rings is 2. The van der Waals surface area contributed by atoms with Gasteiger partial charge in [0, 0.05) is 29.3 Å². The Hall–Kier alpha value is -3.28. The van der Waals surface area contributed by atoms with Crippen LogP contribution in [0, 0.1) is 0 Å². The zero-order valence-corrected chi connectivity index (χ0v) is 24.6. The molecule has 0 spiro atoms. The van der Waals surface area contributed by atoms with E-state index in [1.54, 1.807) is 25.2 Å². The molecule has 3 rings (SSSR count). The van der Waals surface area contributed by atoms with Crippen LogP contribution in [0.5, 0.6) is 11.5 Å². The van der Waals surface area contributed by atoms with Crippen LogP contribution in [-0.2, 0) is 9.59 Å². The molecule has 0 bridgehead atoms. The number of methoxy groups -OCH3 is 2. The summed E-state index contributed by atoms with van der Waals surface area (Å²) in [7, 11) is 3.24. The summed E-state index contributed by atoms with van der Waals surface area (Å²) in [6, 6.07) is 10.9. The third-order valence-corrected chi connectivity index (χ3v) is 7.63. The van der Waals surface area contributed by atoms with Crippen LogP contribution in [0.1, 0.15) is 107 Å². The highest BCUT2D eigenvalue weighted by Gasteiger charge is 2.36.